The first-order chi connectivity index (χ1) is 14.6. The number of ether oxygens (including phenoxy) is 1. The van der Waals surface area contributed by atoms with Crippen LogP contribution in [0, 0.1) is 5.92 Å². The molecule has 3 amide bonds. The van der Waals surface area contributed by atoms with Gasteiger partial charge in [0.05, 0.1) is 6.04 Å². The fourth-order valence-corrected chi connectivity index (χ4v) is 6.83. The molecule has 0 spiro atoms. The van der Waals surface area contributed by atoms with Crippen LogP contribution in [0.25, 0.3) is 0 Å². The van der Waals surface area contributed by atoms with Crippen LogP contribution in [0.15, 0.2) is 9.81 Å². The number of hydrogen-bond donors (Lipinski definition) is 2. The lowest BCUT2D eigenvalue weighted by atomic mass is 9.92. The number of alkyl carbamates (subject to hydrolysis) is 1. The minimum Gasteiger partial charge on any atom is -0.444 e. The van der Waals surface area contributed by atoms with Gasteiger partial charge in [-0.3, -0.25) is 9.59 Å². The molecule has 0 radical (unpaired) electrons. The third kappa shape index (κ3) is 7.34. The van der Waals surface area contributed by atoms with E-state index in [0.717, 1.165) is 36.3 Å². The second kappa shape index (κ2) is 11.5. The molecule has 176 valence electrons. The number of carbonyl (C=O) groups excluding carboxylic acids is 3. The number of thioether (sulfide) groups is 2. The van der Waals surface area contributed by atoms with Crippen LogP contribution in [-0.4, -0.2) is 65.1 Å². The van der Waals surface area contributed by atoms with E-state index in [1.54, 1.807) is 4.90 Å². The number of carbonyl (C=O) groups is 3. The third-order valence-corrected chi connectivity index (χ3v) is 8.11. The van der Waals surface area contributed by atoms with Gasteiger partial charge in [-0.15, -0.1) is 23.5 Å². The first-order valence-corrected chi connectivity index (χ1v) is 13.1. The van der Waals surface area contributed by atoms with Gasteiger partial charge in [-0.2, -0.15) is 0 Å². The van der Waals surface area contributed by atoms with Crippen molar-refractivity contribution in [3.63, 3.8) is 0 Å². The summed E-state index contributed by atoms with van der Waals surface area (Å²) < 4.78 is 6.77. The lowest BCUT2D eigenvalue weighted by Gasteiger charge is -2.33. The van der Waals surface area contributed by atoms with Crippen LogP contribution in [0.4, 0.5) is 4.79 Å². The van der Waals surface area contributed by atoms with Crippen LogP contribution in [0.1, 0.15) is 60.8 Å². The molecule has 2 N–H and O–H groups in total. The van der Waals surface area contributed by atoms with Crippen molar-refractivity contribution in [3.05, 3.63) is 9.81 Å². The summed E-state index contributed by atoms with van der Waals surface area (Å²) in [5.74, 6) is 1.54. The van der Waals surface area contributed by atoms with E-state index in [-0.39, 0.29) is 23.8 Å². The first kappa shape index (κ1) is 25.9. The number of nitrogens with zero attached hydrogens (tertiary/aromatic N) is 1. The summed E-state index contributed by atoms with van der Waals surface area (Å²) in [6.07, 6.45) is 2.18. The normalized spacial score (nSPS) is 22.6. The van der Waals surface area contributed by atoms with E-state index in [1.807, 2.05) is 58.1 Å². The van der Waals surface area contributed by atoms with E-state index < -0.39 is 17.7 Å². The molecule has 1 aliphatic heterocycles. The van der Waals surface area contributed by atoms with Gasteiger partial charge in [0.25, 0.3) is 0 Å². The van der Waals surface area contributed by atoms with Crippen LogP contribution in [-0.2, 0) is 14.3 Å². The molecule has 0 aromatic carbocycles. The molecule has 2 rings (SSSR count). The average molecular weight is 472 g/mol. The minimum atomic E-state index is -0.686. The molecule has 3 unspecified atom stereocenters. The zero-order valence-corrected chi connectivity index (χ0v) is 21.2. The molecular formula is C22H37N3O4S2. The predicted molar refractivity (Wildman–Crippen MR) is 128 cm³/mol. The summed E-state index contributed by atoms with van der Waals surface area (Å²) in [5.41, 5.74) is 0.543. The summed E-state index contributed by atoms with van der Waals surface area (Å²) in [6.45, 7) is 11.9. The number of nitrogens with one attached hydrogen (secondary N) is 2. The number of likely N-dealkylation sites (N-methyl/N-ethyl adjacent to an activating group) is 1. The van der Waals surface area contributed by atoms with Crippen molar-refractivity contribution in [3.8, 4) is 0 Å². The number of rotatable bonds is 6. The SMILES string of the molecule is CCN(CC)C(=O)C(NC(C)=O)C1CCC(=C2SCCCS2)C1NC(=O)OC(C)(C)C. The zero-order valence-electron chi connectivity index (χ0n) is 19.6. The lowest BCUT2D eigenvalue weighted by Crippen LogP contribution is -2.56. The van der Waals surface area contributed by atoms with Crippen molar-refractivity contribution in [2.24, 2.45) is 5.92 Å². The molecule has 9 heteroatoms. The molecule has 1 saturated carbocycles. The van der Waals surface area contributed by atoms with Crippen molar-refractivity contribution >= 4 is 41.4 Å². The van der Waals surface area contributed by atoms with Gasteiger partial charge >= 0.3 is 6.09 Å². The van der Waals surface area contributed by atoms with Crippen LogP contribution in [0.3, 0.4) is 0 Å². The van der Waals surface area contributed by atoms with Crippen LogP contribution in [0.5, 0.6) is 0 Å². The molecule has 1 saturated heterocycles. The highest BCUT2D eigenvalue weighted by Gasteiger charge is 2.44. The summed E-state index contributed by atoms with van der Waals surface area (Å²) in [5, 5.41) is 5.94. The predicted octanol–water partition coefficient (Wildman–Crippen LogP) is 3.74. The van der Waals surface area contributed by atoms with Gasteiger partial charge in [0.1, 0.15) is 11.6 Å². The maximum Gasteiger partial charge on any atom is 0.408 e. The van der Waals surface area contributed by atoms with Crippen LogP contribution < -0.4 is 10.6 Å². The lowest BCUT2D eigenvalue weighted by molar-refractivity contribution is -0.137. The Balaban J connectivity index is 2.39. The molecule has 31 heavy (non-hydrogen) atoms. The highest BCUT2D eigenvalue weighted by atomic mass is 32.2. The van der Waals surface area contributed by atoms with Crippen molar-refractivity contribution < 1.29 is 19.1 Å². The number of hydrogen-bond acceptors (Lipinski definition) is 6. The average Bonchev–Trinajstić information content (AvgIpc) is 3.09. The molecule has 2 fully saturated rings. The maximum atomic E-state index is 13.3. The van der Waals surface area contributed by atoms with E-state index in [0.29, 0.717) is 13.1 Å². The Morgan fingerprint density at radius 2 is 1.77 bits per heavy atom. The van der Waals surface area contributed by atoms with Gasteiger partial charge in [0, 0.05) is 30.2 Å². The van der Waals surface area contributed by atoms with Crippen LogP contribution >= 0.6 is 23.5 Å². The van der Waals surface area contributed by atoms with Crippen molar-refractivity contribution in [1.29, 1.82) is 0 Å². The van der Waals surface area contributed by atoms with Crippen LogP contribution in [0.2, 0.25) is 0 Å². The van der Waals surface area contributed by atoms with Gasteiger partial charge in [0.15, 0.2) is 0 Å². The Bertz CT molecular complexity index is 693. The Labute approximate surface area is 194 Å². The summed E-state index contributed by atoms with van der Waals surface area (Å²) >= 11 is 3.65. The van der Waals surface area contributed by atoms with Gasteiger partial charge < -0.3 is 20.3 Å². The van der Waals surface area contributed by atoms with Crippen molar-refractivity contribution in [1.82, 2.24) is 15.5 Å². The van der Waals surface area contributed by atoms with Crippen molar-refractivity contribution in [2.75, 3.05) is 24.6 Å². The molecule has 0 aromatic rings. The smallest absolute Gasteiger partial charge is 0.408 e. The second-order valence-corrected chi connectivity index (χ2v) is 11.3. The third-order valence-electron chi connectivity index (χ3n) is 5.37. The second-order valence-electron chi connectivity index (χ2n) is 8.88. The van der Waals surface area contributed by atoms with Gasteiger partial charge in [-0.1, -0.05) is 0 Å². The molecule has 0 bridgehead atoms. The summed E-state index contributed by atoms with van der Waals surface area (Å²) in [4.78, 5) is 39.7. The van der Waals surface area contributed by atoms with Gasteiger partial charge in [-0.05, 0) is 71.0 Å². The molecule has 3 atom stereocenters. The Kier molecular flexibility index (Phi) is 9.61. The monoisotopic (exact) mass is 471 g/mol. The highest BCUT2D eigenvalue weighted by molar-refractivity contribution is 8.22. The standard InChI is InChI=1S/C22H37N3O4S2/c1-7-25(8-2)19(27)18(23-14(3)26)15-10-11-16(20-30-12-9-13-31-20)17(15)24-21(28)29-22(4,5)6/h15,17-18H,7-13H2,1-6H3,(H,23,26)(H,24,28). The van der Waals surface area contributed by atoms with Crippen molar-refractivity contribution in [2.45, 2.75) is 78.5 Å². The van der Waals surface area contributed by atoms with E-state index in [2.05, 4.69) is 10.6 Å². The Morgan fingerprint density at radius 1 is 1.16 bits per heavy atom. The molecule has 1 aliphatic carbocycles. The van der Waals surface area contributed by atoms with E-state index >= 15 is 0 Å². The molecule has 1 heterocycles. The Morgan fingerprint density at radius 3 is 2.29 bits per heavy atom. The highest BCUT2D eigenvalue weighted by Crippen LogP contribution is 2.45. The first-order valence-electron chi connectivity index (χ1n) is 11.1. The fourth-order valence-electron chi connectivity index (χ4n) is 4.04. The summed E-state index contributed by atoms with van der Waals surface area (Å²) in [7, 11) is 0. The quantitative estimate of drug-likeness (QED) is 0.614. The maximum absolute atomic E-state index is 13.3. The zero-order chi connectivity index (χ0) is 23.2. The van der Waals surface area contributed by atoms with Gasteiger partial charge in [0.2, 0.25) is 11.8 Å². The summed E-state index contributed by atoms with van der Waals surface area (Å²) in [6, 6.07) is -1.03. The Hall–Kier alpha value is -1.35. The number of amides is 3. The molecule has 0 aromatic heterocycles. The van der Waals surface area contributed by atoms with Gasteiger partial charge in [-0.25, -0.2) is 4.79 Å². The minimum absolute atomic E-state index is 0.101. The van der Waals surface area contributed by atoms with E-state index in [4.69, 9.17) is 4.74 Å². The molecular weight excluding hydrogens is 434 g/mol. The van der Waals surface area contributed by atoms with E-state index in [1.165, 1.54) is 11.2 Å². The molecule has 7 nitrogen and oxygen atoms in total. The largest absolute Gasteiger partial charge is 0.444 e. The topological polar surface area (TPSA) is 87.7 Å². The van der Waals surface area contributed by atoms with E-state index in [9.17, 15) is 14.4 Å². The fraction of sp³-hybridized carbons (Fsp3) is 0.773. The molecule has 2 aliphatic rings.